The molecule has 0 N–H and O–H groups in total. The normalized spacial score (nSPS) is 17.8. The predicted molar refractivity (Wildman–Crippen MR) is 156 cm³/mol. The van der Waals surface area contributed by atoms with E-state index in [1.165, 1.54) is 12.1 Å². The highest BCUT2D eigenvalue weighted by molar-refractivity contribution is 5.88. The molecule has 0 radical (unpaired) electrons. The van der Waals surface area contributed by atoms with Gasteiger partial charge in [-0.2, -0.15) is 0 Å². The minimum Gasteiger partial charge on any atom is -0.497 e. The van der Waals surface area contributed by atoms with Gasteiger partial charge < -0.3 is 14.5 Å². The molecule has 2 atom stereocenters. The molecule has 0 aromatic heterocycles. The Morgan fingerprint density at radius 3 is 2.33 bits per heavy atom. The molecule has 3 aromatic rings. The fourth-order valence-corrected chi connectivity index (χ4v) is 5.57. The third kappa shape index (κ3) is 7.71. The molecule has 6 heteroatoms. The molecule has 5 nitrogen and oxygen atoms in total. The number of carbonyl (C=O) groups excluding carboxylic acids is 2. The number of ether oxygens (including phenoxy) is 1. The van der Waals surface area contributed by atoms with Gasteiger partial charge in [0.1, 0.15) is 17.6 Å². The van der Waals surface area contributed by atoms with Crippen LogP contribution in [0.4, 0.5) is 4.39 Å². The van der Waals surface area contributed by atoms with Gasteiger partial charge >= 0.3 is 0 Å². The molecular weight excluding hydrogens is 503 g/mol. The van der Waals surface area contributed by atoms with E-state index in [9.17, 15) is 14.0 Å². The summed E-state index contributed by atoms with van der Waals surface area (Å²) >= 11 is 0. The Morgan fingerprint density at radius 1 is 0.925 bits per heavy atom. The Hall–Kier alpha value is -3.67. The summed E-state index contributed by atoms with van der Waals surface area (Å²) in [6, 6.07) is 23.3. The summed E-state index contributed by atoms with van der Waals surface area (Å²) in [6.07, 6.45) is 6.47. The maximum Gasteiger partial charge on any atom is 0.246 e. The second-order valence-corrected chi connectivity index (χ2v) is 10.6. The maximum absolute atomic E-state index is 14.6. The highest BCUT2D eigenvalue weighted by Crippen LogP contribution is 2.33. The summed E-state index contributed by atoms with van der Waals surface area (Å²) in [5.41, 5.74) is 2.90. The molecule has 3 aromatic carbocycles. The largest absolute Gasteiger partial charge is 0.497 e. The zero-order valence-electron chi connectivity index (χ0n) is 23.7. The molecule has 0 bridgehead atoms. The number of rotatable bonds is 11. The summed E-state index contributed by atoms with van der Waals surface area (Å²) < 4.78 is 19.1. The summed E-state index contributed by atoms with van der Waals surface area (Å²) in [7, 11) is 1.64. The first-order valence-corrected chi connectivity index (χ1v) is 14.5. The Kier molecular flexibility index (Phi) is 10.7. The van der Waals surface area contributed by atoms with Gasteiger partial charge in [-0.3, -0.25) is 9.59 Å². The lowest BCUT2D eigenvalue weighted by molar-refractivity contribution is -0.150. The molecule has 1 saturated heterocycles. The third-order valence-electron chi connectivity index (χ3n) is 7.80. The van der Waals surface area contributed by atoms with E-state index in [2.05, 4.69) is 6.92 Å². The van der Waals surface area contributed by atoms with E-state index in [-0.39, 0.29) is 23.7 Å². The van der Waals surface area contributed by atoms with Crippen LogP contribution in [0.5, 0.6) is 5.75 Å². The molecule has 0 saturated carbocycles. The molecule has 0 aliphatic carbocycles. The van der Waals surface area contributed by atoms with Crippen molar-refractivity contribution in [3.8, 4) is 5.75 Å². The van der Waals surface area contributed by atoms with E-state index < -0.39 is 6.04 Å². The van der Waals surface area contributed by atoms with Crippen molar-refractivity contribution < 1.29 is 18.7 Å². The van der Waals surface area contributed by atoms with Gasteiger partial charge in [-0.1, -0.05) is 80.8 Å². The Morgan fingerprint density at radius 2 is 1.65 bits per heavy atom. The monoisotopic (exact) mass is 544 g/mol. The summed E-state index contributed by atoms with van der Waals surface area (Å²) in [6.45, 7) is 3.04. The Bertz CT molecular complexity index is 1210. The number of unbranched alkanes of at least 4 members (excludes halogenated alkanes) is 3. The highest BCUT2D eigenvalue weighted by atomic mass is 19.1. The molecule has 4 rings (SSSR count). The average Bonchev–Trinajstić information content (AvgIpc) is 2.98. The molecule has 0 spiro atoms. The maximum atomic E-state index is 14.6. The lowest BCUT2D eigenvalue weighted by Crippen LogP contribution is -2.54. The second-order valence-electron chi connectivity index (χ2n) is 10.6. The van der Waals surface area contributed by atoms with Gasteiger partial charge in [0.2, 0.25) is 11.8 Å². The van der Waals surface area contributed by atoms with Gasteiger partial charge in [-0.15, -0.1) is 0 Å². The van der Waals surface area contributed by atoms with Crippen LogP contribution in [0.25, 0.3) is 0 Å². The fraction of sp³-hybridized carbons (Fsp3) is 0.412. The van der Waals surface area contributed by atoms with Crippen molar-refractivity contribution in [3.63, 3.8) is 0 Å². The van der Waals surface area contributed by atoms with Crippen LogP contribution in [0, 0.1) is 5.82 Å². The lowest BCUT2D eigenvalue weighted by atomic mass is 9.93. The van der Waals surface area contributed by atoms with E-state index in [4.69, 9.17) is 4.74 Å². The fourth-order valence-electron chi connectivity index (χ4n) is 5.57. The van der Waals surface area contributed by atoms with Gasteiger partial charge in [-0.25, -0.2) is 4.39 Å². The Labute approximate surface area is 238 Å². The van der Waals surface area contributed by atoms with Crippen molar-refractivity contribution in [2.75, 3.05) is 13.7 Å². The molecule has 1 aliphatic heterocycles. The van der Waals surface area contributed by atoms with Crippen molar-refractivity contribution >= 4 is 11.8 Å². The van der Waals surface area contributed by atoms with Crippen molar-refractivity contribution in [1.82, 2.24) is 9.80 Å². The number of carbonyl (C=O) groups is 2. The highest BCUT2D eigenvalue weighted by Gasteiger charge is 2.38. The van der Waals surface area contributed by atoms with Crippen LogP contribution in [-0.2, 0) is 22.6 Å². The van der Waals surface area contributed by atoms with Gasteiger partial charge in [0, 0.05) is 25.9 Å². The predicted octanol–water partition coefficient (Wildman–Crippen LogP) is 7.11. The SMILES string of the molecule is CCCCCCC(=O)N1CCC[C@H](c2ccc(OC)cc2)N(Cc2ccc(F)cc2)C(=O)[C@H]1Cc1ccccc1. The van der Waals surface area contributed by atoms with E-state index >= 15 is 0 Å². The number of nitrogens with zero attached hydrogens (tertiary/aromatic N) is 2. The van der Waals surface area contributed by atoms with Crippen LogP contribution in [0.3, 0.4) is 0 Å². The number of hydrogen-bond donors (Lipinski definition) is 0. The first kappa shape index (κ1) is 29.3. The smallest absolute Gasteiger partial charge is 0.246 e. The van der Waals surface area contributed by atoms with E-state index in [0.29, 0.717) is 25.9 Å². The molecule has 1 aliphatic rings. The van der Waals surface area contributed by atoms with Crippen molar-refractivity contribution in [2.45, 2.75) is 76.9 Å². The third-order valence-corrected chi connectivity index (χ3v) is 7.80. The van der Waals surface area contributed by atoms with Gasteiger partial charge in [0.05, 0.1) is 13.2 Å². The van der Waals surface area contributed by atoms with Crippen LogP contribution < -0.4 is 4.74 Å². The molecule has 40 heavy (non-hydrogen) atoms. The number of benzene rings is 3. The Balaban J connectivity index is 1.70. The standard InChI is InChI=1S/C34H41FN2O3/c1-3-4-5-9-14-33(38)36-23-10-13-31(28-17-21-30(40-2)22-18-28)37(25-27-15-19-29(35)20-16-27)34(39)32(36)24-26-11-7-6-8-12-26/h6-8,11-12,15-22,31-32H,3-5,9-10,13-14,23-25H2,1-2H3/t31-,32-/m1/s1. The minimum absolute atomic E-state index is 0.0509. The zero-order chi connectivity index (χ0) is 28.3. The molecule has 2 amide bonds. The number of hydrogen-bond acceptors (Lipinski definition) is 3. The van der Waals surface area contributed by atoms with Crippen LogP contribution in [0.15, 0.2) is 78.9 Å². The lowest BCUT2D eigenvalue weighted by Gasteiger charge is -2.42. The van der Waals surface area contributed by atoms with Crippen LogP contribution >= 0.6 is 0 Å². The summed E-state index contributed by atoms with van der Waals surface area (Å²) in [4.78, 5) is 31.9. The molecule has 0 unspecified atom stereocenters. The van der Waals surface area contributed by atoms with Gasteiger partial charge in [0.25, 0.3) is 0 Å². The number of halogens is 1. The summed E-state index contributed by atoms with van der Waals surface area (Å²) in [5.74, 6) is 0.426. The number of amides is 2. The van der Waals surface area contributed by atoms with Crippen LogP contribution in [-0.4, -0.2) is 41.3 Å². The van der Waals surface area contributed by atoms with E-state index in [1.807, 2.05) is 64.4 Å². The molecule has 1 heterocycles. The molecular formula is C34H41FN2O3. The first-order valence-electron chi connectivity index (χ1n) is 14.5. The van der Waals surface area contributed by atoms with Crippen LogP contribution in [0.2, 0.25) is 0 Å². The summed E-state index contributed by atoms with van der Waals surface area (Å²) in [5, 5.41) is 0. The van der Waals surface area contributed by atoms with Crippen molar-refractivity contribution in [2.24, 2.45) is 0 Å². The van der Waals surface area contributed by atoms with Gasteiger partial charge in [0.15, 0.2) is 0 Å². The molecule has 1 fully saturated rings. The van der Waals surface area contributed by atoms with E-state index in [0.717, 1.165) is 61.0 Å². The number of methoxy groups -OCH3 is 1. The van der Waals surface area contributed by atoms with E-state index in [1.54, 1.807) is 19.2 Å². The first-order chi connectivity index (χ1) is 19.5. The van der Waals surface area contributed by atoms with Crippen LogP contribution in [0.1, 0.15) is 74.6 Å². The average molecular weight is 545 g/mol. The molecule has 212 valence electrons. The zero-order valence-corrected chi connectivity index (χ0v) is 23.7. The second kappa shape index (κ2) is 14.6. The topological polar surface area (TPSA) is 49.9 Å². The minimum atomic E-state index is -0.609. The van der Waals surface area contributed by atoms with Gasteiger partial charge in [-0.05, 0) is 60.2 Å². The van der Waals surface area contributed by atoms with Crippen molar-refractivity contribution in [1.29, 1.82) is 0 Å². The quantitative estimate of drug-likeness (QED) is 0.242. The van der Waals surface area contributed by atoms with Crippen molar-refractivity contribution in [3.05, 3.63) is 101 Å².